The van der Waals surface area contributed by atoms with Crippen LogP contribution in [-0.4, -0.2) is 12.6 Å². The van der Waals surface area contributed by atoms with E-state index in [1.807, 2.05) is 0 Å². The summed E-state index contributed by atoms with van der Waals surface area (Å²) >= 11 is 0. The van der Waals surface area contributed by atoms with Gasteiger partial charge in [0.1, 0.15) is 0 Å². The molecule has 2 heteroatoms. The van der Waals surface area contributed by atoms with Gasteiger partial charge in [0.2, 0.25) is 0 Å². The Bertz CT molecular complexity index is 545. The zero-order valence-corrected chi connectivity index (χ0v) is 15.4. The maximum absolute atomic E-state index is 12.7. The lowest BCUT2D eigenvalue weighted by atomic mass is 9.84. The van der Waals surface area contributed by atoms with Crippen LogP contribution in [0.2, 0.25) is 0 Å². The zero-order chi connectivity index (χ0) is 17.6. The van der Waals surface area contributed by atoms with Gasteiger partial charge < -0.3 is 4.74 Å². The van der Waals surface area contributed by atoms with E-state index in [9.17, 15) is 4.79 Å². The minimum atomic E-state index is -0.218. The van der Waals surface area contributed by atoms with E-state index in [4.69, 9.17) is 11.2 Å². The molecule has 0 N–H and O–H groups in total. The second-order valence-electron chi connectivity index (χ2n) is 6.98. The van der Waals surface area contributed by atoms with E-state index in [0.717, 1.165) is 16.7 Å². The zero-order valence-electron chi connectivity index (χ0n) is 15.4. The van der Waals surface area contributed by atoms with Crippen molar-refractivity contribution in [2.45, 2.75) is 72.1 Å². The van der Waals surface area contributed by atoms with E-state index in [0.29, 0.717) is 25.4 Å². The molecule has 1 aromatic rings. The van der Waals surface area contributed by atoms with Gasteiger partial charge in [0.15, 0.2) is 0 Å². The fourth-order valence-corrected chi connectivity index (χ4v) is 2.60. The van der Waals surface area contributed by atoms with Gasteiger partial charge >= 0.3 is 5.97 Å². The highest BCUT2D eigenvalue weighted by atomic mass is 16.5. The Labute approximate surface area is 141 Å². The van der Waals surface area contributed by atoms with Crippen molar-refractivity contribution in [2.24, 2.45) is 0 Å². The lowest BCUT2D eigenvalue weighted by molar-refractivity contribution is 0.0498. The summed E-state index contributed by atoms with van der Waals surface area (Å²) < 4.78 is 5.48. The minimum Gasteiger partial charge on any atom is -0.462 e. The molecule has 1 aromatic carbocycles. The van der Waals surface area contributed by atoms with Crippen molar-refractivity contribution in [2.75, 3.05) is 6.61 Å². The monoisotopic (exact) mass is 314 g/mol. The maximum Gasteiger partial charge on any atom is 0.338 e. The molecular formula is C21H30O2. The Morgan fingerprint density at radius 2 is 1.57 bits per heavy atom. The highest BCUT2D eigenvalue weighted by molar-refractivity contribution is 5.93. The second kappa shape index (κ2) is 8.77. The topological polar surface area (TPSA) is 26.3 Å². The molecule has 126 valence electrons. The summed E-state index contributed by atoms with van der Waals surface area (Å²) in [6, 6.07) is 4.33. The first-order valence-corrected chi connectivity index (χ1v) is 8.57. The molecule has 0 unspecified atom stereocenters. The summed E-state index contributed by atoms with van der Waals surface area (Å²) in [5.74, 6) is 3.34. The Hall–Kier alpha value is -1.75. The third-order valence-electron chi connectivity index (χ3n) is 4.04. The highest BCUT2D eigenvalue weighted by Crippen LogP contribution is 2.32. The Morgan fingerprint density at radius 1 is 1.04 bits per heavy atom. The molecule has 0 aliphatic heterocycles. The van der Waals surface area contributed by atoms with Crippen LogP contribution in [0.5, 0.6) is 0 Å². The van der Waals surface area contributed by atoms with Crippen molar-refractivity contribution in [3.8, 4) is 12.3 Å². The number of hydrogen-bond donors (Lipinski definition) is 0. The van der Waals surface area contributed by atoms with Gasteiger partial charge in [-0.1, -0.05) is 53.7 Å². The standard InChI is InChI=1S/C21H30O2/c1-8-9-10-11-23-21(22)20-18(15(4)5)12-17(14(2)3)13-19(20)16(6)7/h1,12-16H,9-11H2,2-7H3. The summed E-state index contributed by atoms with van der Waals surface area (Å²) in [7, 11) is 0. The number of carbonyl (C=O) groups excluding carboxylic acids is 1. The van der Waals surface area contributed by atoms with Crippen LogP contribution in [0.3, 0.4) is 0 Å². The van der Waals surface area contributed by atoms with E-state index in [-0.39, 0.29) is 17.8 Å². The van der Waals surface area contributed by atoms with Crippen molar-refractivity contribution < 1.29 is 9.53 Å². The van der Waals surface area contributed by atoms with Gasteiger partial charge in [0.25, 0.3) is 0 Å². The average molecular weight is 314 g/mol. The van der Waals surface area contributed by atoms with E-state index >= 15 is 0 Å². The van der Waals surface area contributed by atoms with Gasteiger partial charge in [-0.25, -0.2) is 4.79 Å². The van der Waals surface area contributed by atoms with E-state index < -0.39 is 0 Å². The molecule has 1 rings (SSSR count). The summed E-state index contributed by atoms with van der Waals surface area (Å²) in [4.78, 5) is 12.7. The number of esters is 1. The summed E-state index contributed by atoms with van der Waals surface area (Å²) in [6.07, 6.45) is 6.58. The predicted octanol–water partition coefficient (Wildman–Crippen LogP) is 5.63. The summed E-state index contributed by atoms with van der Waals surface area (Å²) in [5.41, 5.74) is 4.20. The Morgan fingerprint density at radius 3 is 1.96 bits per heavy atom. The molecule has 0 radical (unpaired) electrons. The molecule has 0 amide bonds. The lowest BCUT2D eigenvalue weighted by Gasteiger charge is -2.21. The molecule has 0 bridgehead atoms. The van der Waals surface area contributed by atoms with Crippen molar-refractivity contribution in [1.29, 1.82) is 0 Å². The van der Waals surface area contributed by atoms with E-state index in [2.05, 4.69) is 59.6 Å². The molecule has 2 nitrogen and oxygen atoms in total. The van der Waals surface area contributed by atoms with Crippen molar-refractivity contribution in [1.82, 2.24) is 0 Å². The molecule has 23 heavy (non-hydrogen) atoms. The van der Waals surface area contributed by atoms with Crippen LogP contribution in [0.4, 0.5) is 0 Å². The Balaban J connectivity index is 3.26. The van der Waals surface area contributed by atoms with Crippen LogP contribution >= 0.6 is 0 Å². The number of terminal acetylenes is 1. The molecule has 0 aliphatic rings. The third-order valence-corrected chi connectivity index (χ3v) is 4.04. The van der Waals surface area contributed by atoms with Gasteiger partial charge in [0, 0.05) is 6.42 Å². The first-order valence-electron chi connectivity index (χ1n) is 8.57. The summed E-state index contributed by atoms with van der Waals surface area (Å²) in [6.45, 7) is 13.2. The lowest BCUT2D eigenvalue weighted by Crippen LogP contribution is -2.15. The smallest absolute Gasteiger partial charge is 0.338 e. The fourth-order valence-electron chi connectivity index (χ4n) is 2.60. The van der Waals surface area contributed by atoms with Crippen LogP contribution in [0, 0.1) is 12.3 Å². The van der Waals surface area contributed by atoms with Gasteiger partial charge in [0.05, 0.1) is 12.2 Å². The van der Waals surface area contributed by atoms with Crippen LogP contribution in [0.1, 0.15) is 99.2 Å². The van der Waals surface area contributed by atoms with E-state index in [1.54, 1.807) is 0 Å². The number of rotatable bonds is 7. The normalized spacial score (nSPS) is 11.1. The number of carbonyl (C=O) groups is 1. The van der Waals surface area contributed by atoms with Crippen molar-refractivity contribution >= 4 is 5.97 Å². The molecule has 0 saturated carbocycles. The number of hydrogen-bond acceptors (Lipinski definition) is 2. The SMILES string of the molecule is C#CCCCOC(=O)c1c(C(C)C)cc(C(C)C)cc1C(C)C. The van der Waals surface area contributed by atoms with Crippen LogP contribution < -0.4 is 0 Å². The molecule has 0 fully saturated rings. The van der Waals surface area contributed by atoms with Gasteiger partial charge in [-0.05, 0) is 40.9 Å². The fraction of sp³-hybridized carbons (Fsp3) is 0.571. The van der Waals surface area contributed by atoms with Crippen LogP contribution in [0.15, 0.2) is 12.1 Å². The highest BCUT2D eigenvalue weighted by Gasteiger charge is 2.23. The predicted molar refractivity (Wildman–Crippen MR) is 97.1 cm³/mol. The third kappa shape index (κ3) is 5.13. The van der Waals surface area contributed by atoms with Crippen LogP contribution in [0.25, 0.3) is 0 Å². The quantitative estimate of drug-likeness (QED) is 0.370. The van der Waals surface area contributed by atoms with Gasteiger partial charge in [-0.3, -0.25) is 0 Å². The average Bonchev–Trinajstić information content (AvgIpc) is 2.49. The summed E-state index contributed by atoms with van der Waals surface area (Å²) in [5, 5.41) is 0. The van der Waals surface area contributed by atoms with Gasteiger partial charge in [-0.2, -0.15) is 0 Å². The molecular weight excluding hydrogens is 284 g/mol. The first kappa shape index (κ1) is 19.3. The minimum absolute atomic E-state index is 0.218. The molecule has 0 saturated heterocycles. The molecule has 0 spiro atoms. The Kier molecular flexibility index (Phi) is 7.36. The van der Waals surface area contributed by atoms with Crippen molar-refractivity contribution in [3.05, 3.63) is 34.4 Å². The number of benzene rings is 1. The van der Waals surface area contributed by atoms with Crippen LogP contribution in [-0.2, 0) is 4.74 Å². The second-order valence-corrected chi connectivity index (χ2v) is 6.98. The number of unbranched alkanes of at least 4 members (excludes halogenated alkanes) is 1. The maximum atomic E-state index is 12.7. The number of ether oxygens (including phenoxy) is 1. The molecule has 0 atom stereocenters. The largest absolute Gasteiger partial charge is 0.462 e. The van der Waals surface area contributed by atoms with Gasteiger partial charge in [-0.15, -0.1) is 12.3 Å². The molecule has 0 aliphatic carbocycles. The first-order chi connectivity index (χ1) is 10.8. The van der Waals surface area contributed by atoms with Crippen molar-refractivity contribution in [3.63, 3.8) is 0 Å². The molecule has 0 heterocycles. The van der Waals surface area contributed by atoms with E-state index in [1.165, 1.54) is 5.56 Å². The molecule has 0 aromatic heterocycles.